The molecule has 1 N–H and O–H groups in total. The lowest BCUT2D eigenvalue weighted by atomic mass is 10.1. The molecular weight excluding hydrogens is 453 g/mol. The van der Waals surface area contributed by atoms with Gasteiger partial charge in [0.15, 0.2) is 23.0 Å². The molecule has 0 aromatic heterocycles. The average Bonchev–Trinajstić information content (AvgIpc) is 2.82. The van der Waals surface area contributed by atoms with Gasteiger partial charge in [-0.2, -0.15) is 0 Å². The number of amides is 1. The van der Waals surface area contributed by atoms with Crippen LogP contribution < -0.4 is 8.38 Å². The van der Waals surface area contributed by atoms with Gasteiger partial charge in [0.1, 0.15) is 5.75 Å². The highest BCUT2D eigenvalue weighted by Crippen LogP contribution is 2.30. The van der Waals surface area contributed by atoms with Gasteiger partial charge >= 0.3 is 0 Å². The number of nitrogens with one attached hydrogen (secondary N) is 1. The van der Waals surface area contributed by atoms with E-state index >= 15 is 0 Å². The Kier molecular flexibility index (Phi) is 4.35. The maximum atomic E-state index is 12.4. The van der Waals surface area contributed by atoms with Crippen LogP contribution >= 0.6 is 34.6 Å². The quantitative estimate of drug-likeness (QED) is 0.699. The first-order valence-corrected chi connectivity index (χ1v) is 9.18. The summed E-state index contributed by atoms with van der Waals surface area (Å²) in [6.07, 6.45) is 1.52. The molecule has 0 unspecified atom stereocenters. The van der Waals surface area contributed by atoms with Crippen LogP contribution in [0.2, 0.25) is 5.02 Å². The number of carbonyl (C=O) groups excluding carboxylic acids is 1. The van der Waals surface area contributed by atoms with E-state index in [9.17, 15) is 13.2 Å². The van der Waals surface area contributed by atoms with Crippen molar-refractivity contribution in [1.29, 1.82) is 0 Å². The lowest BCUT2D eigenvalue weighted by Crippen LogP contribution is -2.13. The molecule has 5 nitrogen and oxygen atoms in total. The standard InChI is InChI=1S/C15H9ClINO4S/c16-10-2-4-13(22-17)12(7-10)15(19)18-11-3-1-9-5-6-23(20,21)14(9)8-11/h1-8H,(H,18,19). The minimum atomic E-state index is -3.43. The zero-order valence-corrected chi connectivity index (χ0v) is 15.1. The maximum Gasteiger partial charge on any atom is 0.259 e. The minimum absolute atomic E-state index is 0.173. The Morgan fingerprint density at radius 2 is 1.96 bits per heavy atom. The molecule has 1 aliphatic rings. The Hall–Kier alpha value is -1.58. The van der Waals surface area contributed by atoms with Crippen molar-refractivity contribution in [2.24, 2.45) is 0 Å². The molecule has 0 saturated carbocycles. The molecule has 23 heavy (non-hydrogen) atoms. The van der Waals surface area contributed by atoms with Gasteiger partial charge in [0.25, 0.3) is 5.91 Å². The van der Waals surface area contributed by atoms with Crippen molar-refractivity contribution >= 4 is 62.1 Å². The van der Waals surface area contributed by atoms with Gasteiger partial charge in [0, 0.05) is 16.1 Å². The van der Waals surface area contributed by atoms with E-state index < -0.39 is 15.7 Å². The SMILES string of the molecule is O=C(Nc1ccc2c(c1)S(=O)(=O)C=C2)c1cc(Cl)ccc1OI. The highest BCUT2D eigenvalue weighted by atomic mass is 127. The third kappa shape index (κ3) is 3.22. The van der Waals surface area contributed by atoms with Crippen molar-refractivity contribution in [3.63, 3.8) is 0 Å². The van der Waals surface area contributed by atoms with Crippen molar-refractivity contribution < 1.29 is 16.3 Å². The Morgan fingerprint density at radius 3 is 2.70 bits per heavy atom. The summed E-state index contributed by atoms with van der Waals surface area (Å²) in [5.41, 5.74) is 1.23. The first-order chi connectivity index (χ1) is 10.9. The lowest BCUT2D eigenvalue weighted by Gasteiger charge is -2.10. The van der Waals surface area contributed by atoms with Crippen LogP contribution in [-0.4, -0.2) is 14.3 Å². The molecule has 1 amide bonds. The minimum Gasteiger partial charge on any atom is -0.427 e. The van der Waals surface area contributed by atoms with Crippen molar-refractivity contribution in [1.82, 2.24) is 0 Å². The van der Waals surface area contributed by atoms with E-state index in [1.807, 2.05) is 0 Å². The highest BCUT2D eigenvalue weighted by molar-refractivity contribution is 14.1. The Morgan fingerprint density at radius 1 is 1.17 bits per heavy atom. The van der Waals surface area contributed by atoms with E-state index in [1.165, 1.54) is 18.2 Å². The van der Waals surface area contributed by atoms with Crippen molar-refractivity contribution in [2.75, 3.05) is 5.32 Å². The van der Waals surface area contributed by atoms with E-state index in [4.69, 9.17) is 14.7 Å². The van der Waals surface area contributed by atoms with Crippen LogP contribution in [0.25, 0.3) is 6.08 Å². The van der Waals surface area contributed by atoms with Crippen LogP contribution in [0.3, 0.4) is 0 Å². The molecule has 2 aromatic rings. The first kappa shape index (κ1) is 16.3. The molecule has 0 aliphatic carbocycles. The van der Waals surface area contributed by atoms with E-state index in [0.717, 1.165) is 5.41 Å². The molecule has 0 saturated heterocycles. The molecule has 0 bridgehead atoms. The number of fused-ring (bicyclic) bond motifs is 1. The second-order valence-electron chi connectivity index (χ2n) is 4.77. The molecule has 0 radical (unpaired) electrons. The van der Waals surface area contributed by atoms with E-state index in [-0.39, 0.29) is 10.5 Å². The van der Waals surface area contributed by atoms with Gasteiger partial charge in [0.2, 0.25) is 9.84 Å². The van der Waals surface area contributed by atoms with E-state index in [2.05, 4.69) is 5.32 Å². The summed E-state index contributed by atoms with van der Waals surface area (Å²) in [4.78, 5) is 12.6. The summed E-state index contributed by atoms with van der Waals surface area (Å²) in [5.74, 6) is -0.0783. The van der Waals surface area contributed by atoms with Gasteiger partial charge in [-0.15, -0.1) is 0 Å². The normalized spacial score (nSPS) is 14.3. The number of hydrogen-bond donors (Lipinski definition) is 1. The number of hydrogen-bond acceptors (Lipinski definition) is 4. The summed E-state index contributed by atoms with van der Waals surface area (Å²) in [6, 6.07) is 9.38. The average molecular weight is 462 g/mol. The smallest absolute Gasteiger partial charge is 0.259 e. The van der Waals surface area contributed by atoms with Gasteiger partial charge in [0.05, 0.1) is 10.5 Å². The molecule has 8 heteroatoms. The van der Waals surface area contributed by atoms with Gasteiger partial charge in [-0.25, -0.2) is 8.42 Å². The molecule has 3 rings (SSSR count). The summed E-state index contributed by atoms with van der Waals surface area (Å²) >= 11 is 7.58. The van der Waals surface area contributed by atoms with Crippen molar-refractivity contribution in [3.8, 4) is 5.75 Å². The monoisotopic (exact) mass is 461 g/mol. The van der Waals surface area contributed by atoms with Crippen LogP contribution in [0, 0.1) is 0 Å². The van der Waals surface area contributed by atoms with Crippen LogP contribution in [0.5, 0.6) is 5.75 Å². The zero-order chi connectivity index (χ0) is 16.6. The summed E-state index contributed by atoms with van der Waals surface area (Å²) in [7, 11) is -3.43. The van der Waals surface area contributed by atoms with Gasteiger partial charge in [-0.05, 0) is 42.0 Å². The maximum absolute atomic E-state index is 12.4. The van der Waals surface area contributed by atoms with E-state index in [0.29, 0.717) is 22.0 Å². The predicted molar refractivity (Wildman–Crippen MR) is 96.7 cm³/mol. The number of halogens is 2. The number of sulfone groups is 1. The molecule has 118 valence electrons. The van der Waals surface area contributed by atoms with Crippen molar-refractivity contribution in [3.05, 3.63) is 58.0 Å². The van der Waals surface area contributed by atoms with Crippen molar-refractivity contribution in [2.45, 2.75) is 4.90 Å². The van der Waals surface area contributed by atoms with Crippen LogP contribution in [-0.2, 0) is 9.84 Å². The fourth-order valence-corrected chi connectivity index (χ4v) is 3.96. The number of carbonyl (C=O) groups is 1. The molecule has 2 aromatic carbocycles. The third-order valence-corrected chi connectivity index (χ3v) is 5.44. The highest BCUT2D eigenvalue weighted by Gasteiger charge is 2.21. The van der Waals surface area contributed by atoms with E-state index in [1.54, 1.807) is 47.3 Å². The zero-order valence-electron chi connectivity index (χ0n) is 11.4. The molecule has 1 heterocycles. The first-order valence-electron chi connectivity index (χ1n) is 6.37. The predicted octanol–water partition coefficient (Wildman–Crippen LogP) is 4.08. The molecular formula is C15H9ClINO4S. The number of rotatable bonds is 3. The molecule has 0 fully saturated rings. The van der Waals surface area contributed by atoms with Gasteiger partial charge in [-0.3, -0.25) is 4.79 Å². The molecule has 1 aliphatic heterocycles. The largest absolute Gasteiger partial charge is 0.427 e. The second kappa shape index (κ2) is 6.14. The number of anilines is 1. The van der Waals surface area contributed by atoms with Gasteiger partial charge < -0.3 is 8.38 Å². The van der Waals surface area contributed by atoms with Crippen LogP contribution in [0.15, 0.2) is 46.7 Å². The summed E-state index contributed by atoms with van der Waals surface area (Å²) < 4.78 is 28.8. The molecule has 0 atom stereocenters. The lowest BCUT2D eigenvalue weighted by molar-refractivity contribution is 0.102. The fourth-order valence-electron chi connectivity index (χ4n) is 2.18. The fraction of sp³-hybridized carbons (Fsp3) is 0. The van der Waals surface area contributed by atoms with Gasteiger partial charge in [-0.1, -0.05) is 17.7 Å². The van der Waals surface area contributed by atoms with Crippen LogP contribution in [0.4, 0.5) is 5.69 Å². The second-order valence-corrected chi connectivity index (χ2v) is 7.45. The number of benzene rings is 2. The summed E-state index contributed by atoms with van der Waals surface area (Å²) in [6.45, 7) is 0. The Labute approximate surface area is 151 Å². The Bertz CT molecular complexity index is 940. The Balaban J connectivity index is 1.92. The third-order valence-electron chi connectivity index (χ3n) is 3.27. The topological polar surface area (TPSA) is 72.5 Å². The molecule has 0 spiro atoms. The van der Waals surface area contributed by atoms with Crippen LogP contribution in [0.1, 0.15) is 15.9 Å². The summed E-state index contributed by atoms with van der Waals surface area (Å²) in [5, 5.41) is 4.19.